The lowest BCUT2D eigenvalue weighted by molar-refractivity contribution is 0.462. The molecule has 4 heteroatoms. The number of benzene rings is 1. The molecule has 1 N–H and O–H groups in total. The third-order valence-corrected chi connectivity index (χ3v) is 3.44. The molecule has 3 nitrogen and oxygen atoms in total. The van der Waals surface area contributed by atoms with Gasteiger partial charge in [0.1, 0.15) is 10.8 Å². The van der Waals surface area contributed by atoms with Crippen LogP contribution in [0.15, 0.2) is 36.5 Å². The van der Waals surface area contributed by atoms with E-state index in [-0.39, 0.29) is 0 Å². The minimum atomic E-state index is 0.445. The number of hydrogen-bond donors (Lipinski definition) is 1. The number of pyridine rings is 1. The molecule has 0 aliphatic rings. The Morgan fingerprint density at radius 1 is 1.14 bits per heavy atom. The monoisotopic (exact) mass is 304 g/mol. The number of nitrogens with one attached hydrogen (secondary N) is 1. The molecule has 1 aromatic heterocycles. The predicted molar refractivity (Wildman–Crippen MR) is 87.1 cm³/mol. The van der Waals surface area contributed by atoms with Gasteiger partial charge in [0, 0.05) is 12.7 Å². The maximum Gasteiger partial charge on any atom is 0.238 e. The summed E-state index contributed by atoms with van der Waals surface area (Å²) in [5.74, 6) is 1.19. The Balaban J connectivity index is 2.02. The van der Waals surface area contributed by atoms with Gasteiger partial charge in [-0.15, -0.1) is 0 Å². The maximum absolute atomic E-state index is 6.24. The highest BCUT2D eigenvalue weighted by atomic mass is 35.5. The molecule has 2 aromatic rings. The number of aryl methyl sites for hydroxylation is 1. The molecule has 1 heterocycles. The van der Waals surface area contributed by atoms with Crippen LogP contribution in [0.5, 0.6) is 11.6 Å². The van der Waals surface area contributed by atoms with Crippen LogP contribution >= 0.6 is 11.6 Å². The second kappa shape index (κ2) is 8.01. The first-order valence-electron chi connectivity index (χ1n) is 7.34. The normalized spacial score (nSPS) is 10.6. The van der Waals surface area contributed by atoms with Crippen LogP contribution in [0.25, 0.3) is 0 Å². The Hall–Kier alpha value is -1.58. The van der Waals surface area contributed by atoms with Crippen molar-refractivity contribution < 1.29 is 4.74 Å². The molecule has 1 aromatic carbocycles. The molecule has 0 saturated carbocycles. The molecule has 0 saturated heterocycles. The van der Waals surface area contributed by atoms with Gasteiger partial charge < -0.3 is 10.1 Å². The predicted octanol–water partition coefficient (Wildman–Crippen LogP) is 4.59. The Labute approximate surface area is 131 Å². The number of rotatable bonds is 7. The van der Waals surface area contributed by atoms with Crippen LogP contribution in [0.1, 0.15) is 31.4 Å². The number of aromatic nitrogens is 1. The van der Waals surface area contributed by atoms with E-state index in [1.807, 2.05) is 30.3 Å². The highest BCUT2D eigenvalue weighted by Gasteiger charge is 2.06. The molecular weight excluding hydrogens is 284 g/mol. The molecule has 0 fully saturated rings. The fourth-order valence-corrected chi connectivity index (χ4v) is 2.18. The SMILES string of the molecule is CCCNCc1cnc(Oc2ccc(CC)cc2)c(Cl)c1. The Bertz CT molecular complexity index is 570. The fraction of sp³-hybridized carbons (Fsp3) is 0.353. The third kappa shape index (κ3) is 4.73. The van der Waals surface area contributed by atoms with Crippen molar-refractivity contribution in [3.05, 3.63) is 52.7 Å². The van der Waals surface area contributed by atoms with E-state index in [0.29, 0.717) is 10.9 Å². The third-order valence-electron chi connectivity index (χ3n) is 3.17. The van der Waals surface area contributed by atoms with Crippen molar-refractivity contribution in [2.24, 2.45) is 0 Å². The molecule has 21 heavy (non-hydrogen) atoms. The zero-order chi connectivity index (χ0) is 15.1. The van der Waals surface area contributed by atoms with Gasteiger partial charge in [0.25, 0.3) is 0 Å². The summed E-state index contributed by atoms with van der Waals surface area (Å²) in [5.41, 5.74) is 2.33. The van der Waals surface area contributed by atoms with Crippen LogP contribution in [0.3, 0.4) is 0 Å². The summed E-state index contributed by atoms with van der Waals surface area (Å²) in [4.78, 5) is 4.30. The van der Waals surface area contributed by atoms with Crippen molar-refractivity contribution in [1.82, 2.24) is 10.3 Å². The van der Waals surface area contributed by atoms with Crippen LogP contribution in [0.4, 0.5) is 0 Å². The second-order valence-corrected chi connectivity index (χ2v) is 5.31. The van der Waals surface area contributed by atoms with Gasteiger partial charge in [-0.3, -0.25) is 0 Å². The molecular formula is C17H21ClN2O. The Kier molecular flexibility index (Phi) is 6.03. The average Bonchev–Trinajstić information content (AvgIpc) is 2.51. The van der Waals surface area contributed by atoms with Crippen LogP contribution in [-0.2, 0) is 13.0 Å². The van der Waals surface area contributed by atoms with Gasteiger partial charge in [0.15, 0.2) is 0 Å². The molecule has 0 spiro atoms. The largest absolute Gasteiger partial charge is 0.438 e. The van der Waals surface area contributed by atoms with Gasteiger partial charge in [0.2, 0.25) is 5.88 Å². The van der Waals surface area contributed by atoms with E-state index >= 15 is 0 Å². The van der Waals surface area contributed by atoms with Crippen LogP contribution in [-0.4, -0.2) is 11.5 Å². The molecule has 112 valence electrons. The van der Waals surface area contributed by atoms with Crippen molar-refractivity contribution in [3.63, 3.8) is 0 Å². The Morgan fingerprint density at radius 3 is 2.52 bits per heavy atom. The van der Waals surface area contributed by atoms with E-state index in [1.165, 1.54) is 5.56 Å². The summed E-state index contributed by atoms with van der Waals surface area (Å²) in [7, 11) is 0. The lowest BCUT2D eigenvalue weighted by Gasteiger charge is -2.09. The summed E-state index contributed by atoms with van der Waals surface area (Å²) < 4.78 is 5.73. The number of hydrogen-bond acceptors (Lipinski definition) is 3. The van der Waals surface area contributed by atoms with Crippen molar-refractivity contribution >= 4 is 11.6 Å². The highest BCUT2D eigenvalue weighted by molar-refractivity contribution is 6.31. The Morgan fingerprint density at radius 2 is 1.90 bits per heavy atom. The second-order valence-electron chi connectivity index (χ2n) is 4.91. The molecule has 0 radical (unpaired) electrons. The summed E-state index contributed by atoms with van der Waals surface area (Å²) >= 11 is 6.24. The number of halogens is 1. The highest BCUT2D eigenvalue weighted by Crippen LogP contribution is 2.27. The fourth-order valence-electron chi connectivity index (χ4n) is 1.95. The topological polar surface area (TPSA) is 34.2 Å². The first kappa shape index (κ1) is 15.8. The summed E-state index contributed by atoms with van der Waals surface area (Å²) in [6, 6.07) is 9.87. The zero-order valence-electron chi connectivity index (χ0n) is 12.5. The lowest BCUT2D eigenvalue weighted by atomic mass is 10.2. The average molecular weight is 305 g/mol. The smallest absolute Gasteiger partial charge is 0.238 e. The molecule has 0 atom stereocenters. The van der Waals surface area contributed by atoms with E-state index in [9.17, 15) is 0 Å². The van der Waals surface area contributed by atoms with E-state index in [2.05, 4.69) is 24.1 Å². The van der Waals surface area contributed by atoms with Gasteiger partial charge in [-0.1, -0.05) is 37.6 Å². The van der Waals surface area contributed by atoms with Gasteiger partial charge in [-0.2, -0.15) is 0 Å². The first-order chi connectivity index (χ1) is 10.2. The minimum Gasteiger partial charge on any atom is -0.438 e. The van der Waals surface area contributed by atoms with Gasteiger partial charge >= 0.3 is 0 Å². The molecule has 0 aliphatic heterocycles. The number of nitrogens with zero attached hydrogens (tertiary/aromatic N) is 1. The molecule has 0 amide bonds. The molecule has 0 aliphatic carbocycles. The minimum absolute atomic E-state index is 0.445. The van der Waals surface area contributed by atoms with E-state index in [0.717, 1.165) is 37.2 Å². The van der Waals surface area contributed by atoms with E-state index in [4.69, 9.17) is 16.3 Å². The maximum atomic E-state index is 6.24. The van der Waals surface area contributed by atoms with Crippen molar-refractivity contribution in [1.29, 1.82) is 0 Å². The van der Waals surface area contributed by atoms with E-state index < -0.39 is 0 Å². The van der Waals surface area contributed by atoms with Crippen LogP contribution < -0.4 is 10.1 Å². The zero-order valence-corrected chi connectivity index (χ0v) is 13.3. The standard InChI is InChI=1S/C17H21ClN2O/c1-3-9-19-11-14-10-16(18)17(20-12-14)21-15-7-5-13(4-2)6-8-15/h5-8,10,12,19H,3-4,9,11H2,1-2H3. The van der Waals surface area contributed by atoms with E-state index in [1.54, 1.807) is 6.20 Å². The summed E-state index contributed by atoms with van der Waals surface area (Å²) in [6.45, 7) is 6.02. The van der Waals surface area contributed by atoms with Gasteiger partial charge in [-0.05, 0) is 48.7 Å². The van der Waals surface area contributed by atoms with Crippen LogP contribution in [0, 0.1) is 0 Å². The lowest BCUT2D eigenvalue weighted by Crippen LogP contribution is -2.13. The molecule has 0 unspecified atom stereocenters. The summed E-state index contributed by atoms with van der Waals surface area (Å²) in [6.07, 6.45) is 3.92. The van der Waals surface area contributed by atoms with Crippen molar-refractivity contribution in [2.45, 2.75) is 33.2 Å². The molecule has 0 bridgehead atoms. The van der Waals surface area contributed by atoms with Crippen LogP contribution in [0.2, 0.25) is 5.02 Å². The quantitative estimate of drug-likeness (QED) is 0.760. The first-order valence-corrected chi connectivity index (χ1v) is 7.72. The summed E-state index contributed by atoms with van der Waals surface area (Å²) in [5, 5.41) is 3.85. The van der Waals surface area contributed by atoms with Crippen molar-refractivity contribution in [3.8, 4) is 11.6 Å². The number of ether oxygens (including phenoxy) is 1. The molecule has 2 rings (SSSR count). The van der Waals surface area contributed by atoms with Crippen molar-refractivity contribution in [2.75, 3.05) is 6.54 Å². The van der Waals surface area contributed by atoms with Gasteiger partial charge in [0.05, 0.1) is 0 Å². The van der Waals surface area contributed by atoms with Gasteiger partial charge in [-0.25, -0.2) is 4.98 Å².